The molecular weight excluding hydrogens is 287 g/mol. The molecule has 8 heteroatoms. The molecule has 1 N–H and O–H groups in total. The van der Waals surface area contributed by atoms with E-state index in [1.54, 1.807) is 6.07 Å². The van der Waals surface area contributed by atoms with Gasteiger partial charge in [0.1, 0.15) is 11.3 Å². The maximum Gasteiger partial charge on any atom is 0.433 e. The molecule has 0 atom stereocenters. The zero-order valence-electron chi connectivity index (χ0n) is 11.2. The first-order valence-electron chi connectivity index (χ1n) is 6.07. The lowest BCUT2D eigenvalue weighted by molar-refractivity contribution is -0.141. The number of alkyl halides is 3. The number of carbonyl (C=O) groups is 1. The number of halogens is 3. The van der Waals surface area contributed by atoms with Crippen LogP contribution in [0.15, 0.2) is 24.4 Å². The Morgan fingerprint density at radius 3 is 2.43 bits per heavy atom. The quantitative estimate of drug-likeness (QED) is 0.945. The van der Waals surface area contributed by atoms with Crippen LogP contribution in [-0.4, -0.2) is 25.8 Å². The number of hydrogen-bond donors (Lipinski definition) is 1. The number of carboxylic acid groups (broad SMARTS) is 1. The highest BCUT2D eigenvalue weighted by Crippen LogP contribution is 2.29. The Balaban J connectivity index is 2.60. The van der Waals surface area contributed by atoms with E-state index in [1.165, 1.54) is 6.20 Å². The summed E-state index contributed by atoms with van der Waals surface area (Å²) in [5, 5.41) is 13.1. The molecule has 0 aromatic carbocycles. The summed E-state index contributed by atoms with van der Waals surface area (Å²) in [6.07, 6.45) is -3.26. The average molecular weight is 299 g/mol. The van der Waals surface area contributed by atoms with E-state index < -0.39 is 17.8 Å². The van der Waals surface area contributed by atoms with Crippen LogP contribution in [0.3, 0.4) is 0 Å². The Morgan fingerprint density at radius 2 is 1.95 bits per heavy atom. The fraction of sp³-hybridized carbons (Fsp3) is 0.308. The standard InChI is InChI=1S/C13H12F3N3O2/c1-7(2)9-5-6-19(18-9)11-8(12(20)21)3-4-10(17-11)13(14,15)16/h3-7H,1-2H3,(H,20,21). The highest BCUT2D eigenvalue weighted by molar-refractivity contribution is 5.91. The number of pyridine rings is 1. The van der Waals surface area contributed by atoms with E-state index in [1.807, 2.05) is 13.8 Å². The molecule has 0 radical (unpaired) electrons. The summed E-state index contributed by atoms with van der Waals surface area (Å²) < 4.78 is 39.2. The molecular formula is C13H12F3N3O2. The molecule has 2 aromatic rings. The van der Waals surface area contributed by atoms with Crippen LogP contribution >= 0.6 is 0 Å². The maximum atomic E-state index is 12.7. The molecule has 0 amide bonds. The first-order valence-corrected chi connectivity index (χ1v) is 6.07. The molecule has 0 saturated carbocycles. The molecule has 0 aliphatic carbocycles. The molecule has 0 fully saturated rings. The van der Waals surface area contributed by atoms with Gasteiger partial charge in [-0.3, -0.25) is 0 Å². The summed E-state index contributed by atoms with van der Waals surface area (Å²) in [4.78, 5) is 14.5. The summed E-state index contributed by atoms with van der Waals surface area (Å²) in [7, 11) is 0. The summed E-state index contributed by atoms with van der Waals surface area (Å²) in [5.74, 6) is -1.66. The first-order chi connectivity index (χ1) is 9.70. The molecule has 2 rings (SSSR count). The fourth-order valence-corrected chi connectivity index (χ4v) is 1.71. The van der Waals surface area contributed by atoms with Gasteiger partial charge in [-0.1, -0.05) is 13.8 Å². The van der Waals surface area contributed by atoms with E-state index in [9.17, 15) is 18.0 Å². The Hall–Kier alpha value is -2.38. The van der Waals surface area contributed by atoms with Crippen LogP contribution in [0, 0.1) is 0 Å². The van der Waals surface area contributed by atoms with Crippen LogP contribution in [0.4, 0.5) is 13.2 Å². The van der Waals surface area contributed by atoms with Gasteiger partial charge in [0, 0.05) is 6.20 Å². The molecule has 0 aliphatic heterocycles. The summed E-state index contributed by atoms with van der Waals surface area (Å²) in [6, 6.07) is 3.13. The SMILES string of the molecule is CC(C)c1ccn(-c2nc(C(F)(F)F)ccc2C(=O)O)n1. The van der Waals surface area contributed by atoms with E-state index in [0.717, 1.165) is 10.7 Å². The number of nitrogens with zero attached hydrogens (tertiary/aromatic N) is 3. The Kier molecular flexibility index (Phi) is 3.71. The lowest BCUT2D eigenvalue weighted by Crippen LogP contribution is -2.15. The monoisotopic (exact) mass is 299 g/mol. The number of aromatic nitrogens is 3. The number of rotatable bonds is 3. The van der Waals surface area contributed by atoms with Crippen molar-refractivity contribution in [2.45, 2.75) is 25.9 Å². The third-order valence-electron chi connectivity index (χ3n) is 2.81. The van der Waals surface area contributed by atoms with Crippen molar-refractivity contribution in [3.8, 4) is 5.82 Å². The molecule has 0 saturated heterocycles. The minimum absolute atomic E-state index is 0.0605. The summed E-state index contributed by atoms with van der Waals surface area (Å²) in [5.41, 5.74) is -0.879. The summed E-state index contributed by atoms with van der Waals surface area (Å²) >= 11 is 0. The predicted octanol–water partition coefficient (Wildman–Crippen LogP) is 3.11. The van der Waals surface area contributed by atoms with Gasteiger partial charge < -0.3 is 5.11 Å². The molecule has 0 spiro atoms. The second-order valence-corrected chi connectivity index (χ2v) is 4.71. The van der Waals surface area contributed by atoms with Gasteiger partial charge >= 0.3 is 12.1 Å². The second kappa shape index (κ2) is 5.19. The highest BCUT2D eigenvalue weighted by Gasteiger charge is 2.34. The normalized spacial score (nSPS) is 11.9. The Morgan fingerprint density at radius 1 is 1.29 bits per heavy atom. The van der Waals surface area contributed by atoms with Crippen molar-refractivity contribution in [2.24, 2.45) is 0 Å². The highest BCUT2D eigenvalue weighted by atomic mass is 19.4. The first kappa shape index (κ1) is 15.0. The zero-order chi connectivity index (χ0) is 15.8. The van der Waals surface area contributed by atoms with Gasteiger partial charge in [0.2, 0.25) is 0 Å². The zero-order valence-corrected chi connectivity index (χ0v) is 11.2. The molecule has 0 bridgehead atoms. The lowest BCUT2D eigenvalue weighted by atomic mass is 10.1. The van der Waals surface area contributed by atoms with Gasteiger partial charge in [0.15, 0.2) is 5.82 Å². The van der Waals surface area contributed by atoms with Crippen molar-refractivity contribution in [2.75, 3.05) is 0 Å². The number of carboxylic acids is 1. The van der Waals surface area contributed by atoms with Crippen LogP contribution in [0.25, 0.3) is 5.82 Å². The van der Waals surface area contributed by atoms with Crippen molar-refractivity contribution in [1.29, 1.82) is 0 Å². The van der Waals surface area contributed by atoms with Crippen LogP contribution in [0.2, 0.25) is 0 Å². The molecule has 5 nitrogen and oxygen atoms in total. The van der Waals surface area contributed by atoms with E-state index in [2.05, 4.69) is 10.1 Å². The molecule has 21 heavy (non-hydrogen) atoms. The third-order valence-corrected chi connectivity index (χ3v) is 2.81. The van der Waals surface area contributed by atoms with E-state index in [-0.39, 0.29) is 17.3 Å². The fourth-order valence-electron chi connectivity index (χ4n) is 1.71. The van der Waals surface area contributed by atoms with Crippen molar-refractivity contribution in [1.82, 2.24) is 14.8 Å². The average Bonchev–Trinajstić information content (AvgIpc) is 2.86. The van der Waals surface area contributed by atoms with E-state index in [4.69, 9.17) is 5.11 Å². The van der Waals surface area contributed by atoms with Gasteiger partial charge in [0.05, 0.1) is 5.69 Å². The van der Waals surface area contributed by atoms with E-state index >= 15 is 0 Å². The molecule has 2 aromatic heterocycles. The minimum Gasteiger partial charge on any atom is -0.478 e. The van der Waals surface area contributed by atoms with Crippen LogP contribution in [-0.2, 0) is 6.18 Å². The smallest absolute Gasteiger partial charge is 0.433 e. The van der Waals surface area contributed by atoms with Crippen LogP contribution in [0.5, 0.6) is 0 Å². The second-order valence-electron chi connectivity index (χ2n) is 4.71. The minimum atomic E-state index is -4.65. The van der Waals surface area contributed by atoms with Gasteiger partial charge in [-0.25, -0.2) is 14.5 Å². The molecule has 0 aliphatic rings. The van der Waals surface area contributed by atoms with Crippen molar-refractivity contribution < 1.29 is 23.1 Å². The Bertz CT molecular complexity index is 678. The number of aromatic carboxylic acids is 1. The molecule has 0 unspecified atom stereocenters. The predicted molar refractivity (Wildman–Crippen MR) is 67.4 cm³/mol. The van der Waals surface area contributed by atoms with Gasteiger partial charge in [-0.2, -0.15) is 18.3 Å². The maximum absolute atomic E-state index is 12.7. The summed E-state index contributed by atoms with van der Waals surface area (Å²) in [6.45, 7) is 3.73. The molecule has 2 heterocycles. The van der Waals surface area contributed by atoms with Crippen molar-refractivity contribution >= 4 is 5.97 Å². The lowest BCUT2D eigenvalue weighted by Gasteiger charge is -2.10. The molecule has 112 valence electrons. The van der Waals surface area contributed by atoms with Gasteiger partial charge in [-0.15, -0.1) is 0 Å². The van der Waals surface area contributed by atoms with Gasteiger partial charge in [-0.05, 0) is 24.1 Å². The largest absolute Gasteiger partial charge is 0.478 e. The van der Waals surface area contributed by atoms with Crippen molar-refractivity contribution in [3.63, 3.8) is 0 Å². The third kappa shape index (κ3) is 3.04. The van der Waals surface area contributed by atoms with Crippen LogP contribution < -0.4 is 0 Å². The Labute approximate surface area is 118 Å². The number of hydrogen-bond acceptors (Lipinski definition) is 3. The van der Waals surface area contributed by atoms with Crippen LogP contribution in [0.1, 0.15) is 41.5 Å². The van der Waals surface area contributed by atoms with Gasteiger partial charge in [0.25, 0.3) is 0 Å². The van der Waals surface area contributed by atoms with E-state index in [0.29, 0.717) is 11.8 Å². The van der Waals surface area contributed by atoms with Crippen molar-refractivity contribution in [3.05, 3.63) is 41.3 Å². The topological polar surface area (TPSA) is 68.0 Å².